The van der Waals surface area contributed by atoms with Gasteiger partial charge in [-0.25, -0.2) is 0 Å². The second-order valence-electron chi connectivity index (χ2n) is 4.54. The smallest absolute Gasteiger partial charge is 0.221 e. The first-order valence-electron chi connectivity index (χ1n) is 5.94. The van der Waals surface area contributed by atoms with Crippen molar-refractivity contribution in [3.05, 3.63) is 29.3 Å². The van der Waals surface area contributed by atoms with E-state index in [1.54, 1.807) is 11.8 Å². The number of aliphatic hydroxyl groups excluding tert-OH is 1. The molecule has 98 valence electrons. The largest absolute Gasteiger partial charge is 0.394 e. The first kappa shape index (κ1) is 13.7. The molecular formula is C13H16ClNO2S. The van der Waals surface area contributed by atoms with Crippen LogP contribution in [-0.4, -0.2) is 28.9 Å². The molecule has 3 nitrogen and oxygen atoms in total. The summed E-state index contributed by atoms with van der Waals surface area (Å²) in [5, 5.41) is 12.7. The Hall–Kier alpha value is -0.710. The van der Waals surface area contributed by atoms with Crippen molar-refractivity contribution in [2.24, 2.45) is 0 Å². The van der Waals surface area contributed by atoms with Crippen LogP contribution in [0.2, 0.25) is 5.02 Å². The van der Waals surface area contributed by atoms with Crippen molar-refractivity contribution in [1.82, 2.24) is 5.32 Å². The number of carbonyl (C=O) groups is 1. The summed E-state index contributed by atoms with van der Waals surface area (Å²) in [6.45, 7) is 0.0447. The minimum absolute atomic E-state index is 0.0167. The van der Waals surface area contributed by atoms with E-state index in [4.69, 9.17) is 16.7 Å². The standard InChI is InChI=1S/C13H16ClNO2S/c14-10-1-3-11(4-2-10)18-8-5-12(17)15-13(9-16)6-7-13/h1-4,16H,5-9H2,(H,15,17). The van der Waals surface area contributed by atoms with E-state index in [9.17, 15) is 4.79 Å². The molecule has 18 heavy (non-hydrogen) atoms. The third-order valence-electron chi connectivity index (χ3n) is 2.97. The molecule has 1 aliphatic carbocycles. The molecule has 2 rings (SSSR count). The number of thioether (sulfide) groups is 1. The fraction of sp³-hybridized carbons (Fsp3) is 0.462. The molecule has 0 aromatic heterocycles. The van der Waals surface area contributed by atoms with E-state index >= 15 is 0 Å². The van der Waals surface area contributed by atoms with Crippen LogP contribution >= 0.6 is 23.4 Å². The Morgan fingerprint density at radius 1 is 1.39 bits per heavy atom. The van der Waals surface area contributed by atoms with E-state index in [1.807, 2.05) is 24.3 Å². The van der Waals surface area contributed by atoms with Crippen LogP contribution in [0, 0.1) is 0 Å². The van der Waals surface area contributed by atoms with Crippen LogP contribution in [0.15, 0.2) is 29.2 Å². The van der Waals surface area contributed by atoms with E-state index in [0.717, 1.165) is 28.5 Å². The summed E-state index contributed by atoms with van der Waals surface area (Å²) in [6.07, 6.45) is 2.24. The molecule has 2 N–H and O–H groups in total. The average Bonchev–Trinajstić information content (AvgIpc) is 3.12. The monoisotopic (exact) mass is 285 g/mol. The van der Waals surface area contributed by atoms with Gasteiger partial charge < -0.3 is 10.4 Å². The van der Waals surface area contributed by atoms with Gasteiger partial charge in [0.15, 0.2) is 0 Å². The molecule has 1 fully saturated rings. The summed E-state index contributed by atoms with van der Waals surface area (Å²) in [7, 11) is 0. The Kier molecular flexibility index (Phi) is 4.54. The Morgan fingerprint density at radius 2 is 2.06 bits per heavy atom. The lowest BCUT2D eigenvalue weighted by Crippen LogP contribution is -2.39. The number of hydrogen-bond acceptors (Lipinski definition) is 3. The molecule has 0 aliphatic heterocycles. The van der Waals surface area contributed by atoms with Crippen molar-refractivity contribution in [3.8, 4) is 0 Å². The van der Waals surface area contributed by atoms with E-state index < -0.39 is 0 Å². The number of benzene rings is 1. The highest BCUT2D eigenvalue weighted by molar-refractivity contribution is 7.99. The molecule has 0 radical (unpaired) electrons. The van der Waals surface area contributed by atoms with Gasteiger partial charge in [0, 0.05) is 22.1 Å². The molecule has 1 aromatic rings. The molecule has 5 heteroatoms. The lowest BCUT2D eigenvalue weighted by molar-refractivity contribution is -0.122. The van der Waals surface area contributed by atoms with Crippen molar-refractivity contribution in [3.63, 3.8) is 0 Å². The minimum atomic E-state index is -0.304. The van der Waals surface area contributed by atoms with Gasteiger partial charge >= 0.3 is 0 Å². The van der Waals surface area contributed by atoms with Crippen molar-refractivity contribution in [2.75, 3.05) is 12.4 Å². The molecular weight excluding hydrogens is 270 g/mol. The molecule has 1 aromatic carbocycles. The van der Waals surface area contributed by atoms with Crippen molar-refractivity contribution < 1.29 is 9.90 Å². The lowest BCUT2D eigenvalue weighted by atomic mass is 10.3. The molecule has 1 amide bonds. The number of rotatable bonds is 6. The number of hydrogen-bond donors (Lipinski definition) is 2. The normalized spacial score (nSPS) is 16.3. The summed E-state index contributed by atoms with van der Waals surface area (Å²) in [5.74, 6) is 0.748. The molecule has 0 saturated heterocycles. The average molecular weight is 286 g/mol. The van der Waals surface area contributed by atoms with Gasteiger partial charge in [-0.1, -0.05) is 11.6 Å². The maximum Gasteiger partial charge on any atom is 0.221 e. The van der Waals surface area contributed by atoms with Gasteiger partial charge in [-0.3, -0.25) is 4.79 Å². The molecule has 1 aliphatic rings. The van der Waals surface area contributed by atoms with Crippen LogP contribution in [0.4, 0.5) is 0 Å². The van der Waals surface area contributed by atoms with Crippen LogP contribution in [0.3, 0.4) is 0 Å². The summed E-state index contributed by atoms with van der Waals surface area (Å²) in [5.41, 5.74) is -0.304. The highest BCUT2D eigenvalue weighted by atomic mass is 35.5. The van der Waals surface area contributed by atoms with Gasteiger partial charge in [-0.05, 0) is 37.1 Å². The molecule has 0 atom stereocenters. The van der Waals surface area contributed by atoms with Gasteiger partial charge in [0.1, 0.15) is 0 Å². The maximum atomic E-state index is 11.6. The zero-order valence-electron chi connectivity index (χ0n) is 9.99. The molecule has 0 spiro atoms. The van der Waals surface area contributed by atoms with Gasteiger partial charge in [-0.2, -0.15) is 0 Å². The second kappa shape index (κ2) is 5.95. The van der Waals surface area contributed by atoms with Gasteiger partial charge in [-0.15, -0.1) is 11.8 Å². The molecule has 0 heterocycles. The highest BCUT2D eigenvalue weighted by Gasteiger charge is 2.43. The zero-order valence-corrected chi connectivity index (χ0v) is 11.6. The predicted octanol–water partition coefficient (Wildman–Crippen LogP) is 2.46. The lowest BCUT2D eigenvalue weighted by Gasteiger charge is -2.13. The summed E-state index contributed by atoms with van der Waals surface area (Å²) in [6, 6.07) is 7.58. The van der Waals surface area contributed by atoms with Crippen LogP contribution in [-0.2, 0) is 4.79 Å². The third-order valence-corrected chi connectivity index (χ3v) is 4.24. The van der Waals surface area contributed by atoms with Crippen LogP contribution in [0.1, 0.15) is 19.3 Å². The van der Waals surface area contributed by atoms with Gasteiger partial charge in [0.25, 0.3) is 0 Å². The quantitative estimate of drug-likeness (QED) is 0.790. The predicted molar refractivity (Wildman–Crippen MR) is 74.0 cm³/mol. The highest BCUT2D eigenvalue weighted by Crippen LogP contribution is 2.34. The van der Waals surface area contributed by atoms with Crippen LogP contribution in [0.5, 0.6) is 0 Å². The number of aliphatic hydroxyl groups is 1. The van der Waals surface area contributed by atoms with Gasteiger partial charge in [0.05, 0.1) is 12.1 Å². The number of amides is 1. The summed E-state index contributed by atoms with van der Waals surface area (Å²) in [4.78, 5) is 12.8. The molecule has 1 saturated carbocycles. The third kappa shape index (κ3) is 3.90. The Bertz CT molecular complexity index is 418. The SMILES string of the molecule is O=C(CCSc1ccc(Cl)cc1)NC1(CO)CC1. The molecule has 0 bridgehead atoms. The first-order valence-corrected chi connectivity index (χ1v) is 7.30. The van der Waals surface area contributed by atoms with E-state index in [2.05, 4.69) is 5.32 Å². The van der Waals surface area contributed by atoms with Crippen molar-refractivity contribution in [1.29, 1.82) is 0 Å². The number of nitrogens with one attached hydrogen (secondary N) is 1. The summed E-state index contributed by atoms with van der Waals surface area (Å²) < 4.78 is 0. The Morgan fingerprint density at radius 3 is 2.61 bits per heavy atom. The van der Waals surface area contributed by atoms with E-state index in [1.165, 1.54) is 0 Å². The first-order chi connectivity index (χ1) is 8.63. The second-order valence-corrected chi connectivity index (χ2v) is 6.14. The fourth-order valence-corrected chi connectivity index (χ4v) is 2.60. The minimum Gasteiger partial charge on any atom is -0.394 e. The van der Waals surface area contributed by atoms with Gasteiger partial charge in [0.2, 0.25) is 5.91 Å². The van der Waals surface area contributed by atoms with E-state index in [-0.39, 0.29) is 18.1 Å². The van der Waals surface area contributed by atoms with Crippen molar-refractivity contribution in [2.45, 2.75) is 29.7 Å². The maximum absolute atomic E-state index is 11.6. The fourth-order valence-electron chi connectivity index (χ4n) is 1.62. The van der Waals surface area contributed by atoms with Crippen LogP contribution in [0.25, 0.3) is 0 Å². The summed E-state index contributed by atoms with van der Waals surface area (Å²) >= 11 is 7.42. The topological polar surface area (TPSA) is 49.3 Å². The van der Waals surface area contributed by atoms with E-state index in [0.29, 0.717) is 6.42 Å². The van der Waals surface area contributed by atoms with Crippen LogP contribution < -0.4 is 5.32 Å². The number of carbonyl (C=O) groups excluding carboxylic acids is 1. The Labute approximate surface area is 116 Å². The zero-order chi connectivity index (χ0) is 13.0. The van der Waals surface area contributed by atoms with Crippen molar-refractivity contribution >= 4 is 29.3 Å². The number of halogens is 1. The Balaban J connectivity index is 1.69. The molecule has 0 unspecified atom stereocenters.